The third kappa shape index (κ3) is 7.41. The second-order valence-corrected chi connectivity index (χ2v) is 8.15. The number of nitrogens with zero attached hydrogens (tertiary/aromatic N) is 3. The summed E-state index contributed by atoms with van der Waals surface area (Å²) in [6.07, 6.45) is 1.12. The highest BCUT2D eigenvalue weighted by atomic mass is 32.2. The Labute approximate surface area is 151 Å². The Kier molecular flexibility index (Phi) is 8.34. The maximum Gasteiger partial charge on any atom is 0.239 e. The van der Waals surface area contributed by atoms with Gasteiger partial charge < -0.3 is 15.1 Å². The fourth-order valence-electron chi connectivity index (χ4n) is 2.38. The minimum atomic E-state index is -3.43. The summed E-state index contributed by atoms with van der Waals surface area (Å²) in [5, 5.41) is 2.76. The van der Waals surface area contributed by atoms with Crippen molar-refractivity contribution in [2.75, 3.05) is 63.3 Å². The molecule has 0 spiro atoms. The number of likely N-dealkylation sites (N-methyl/N-ethyl adjacent to an activating group) is 1. The number of sulfonamides is 1. The standard InChI is InChI=1S/C17H30N4O3S/c1-6-20(7-2)16-10-8-15(9-11-16)18-17(22)14-21(25(5,23)24)13-12-19(3)4/h8-11H,6-7,12-14H2,1-5H3,(H,18,22). The van der Waals surface area contributed by atoms with E-state index in [0.29, 0.717) is 12.2 Å². The Morgan fingerprint density at radius 2 is 1.60 bits per heavy atom. The normalized spacial score (nSPS) is 11.8. The van der Waals surface area contributed by atoms with Crippen molar-refractivity contribution < 1.29 is 13.2 Å². The van der Waals surface area contributed by atoms with E-state index in [1.165, 1.54) is 4.31 Å². The van der Waals surface area contributed by atoms with E-state index in [0.717, 1.165) is 25.0 Å². The van der Waals surface area contributed by atoms with Crippen LogP contribution in [0, 0.1) is 0 Å². The molecule has 1 aromatic carbocycles. The van der Waals surface area contributed by atoms with Gasteiger partial charge in [-0.1, -0.05) is 0 Å². The summed E-state index contributed by atoms with van der Waals surface area (Å²) in [6, 6.07) is 7.55. The van der Waals surface area contributed by atoms with Crippen molar-refractivity contribution in [1.29, 1.82) is 0 Å². The van der Waals surface area contributed by atoms with Crippen LogP contribution < -0.4 is 10.2 Å². The number of amides is 1. The third-order valence-corrected chi connectivity index (χ3v) is 5.11. The van der Waals surface area contributed by atoms with Crippen LogP contribution in [0.4, 0.5) is 11.4 Å². The molecule has 8 heteroatoms. The topological polar surface area (TPSA) is 73.0 Å². The molecule has 1 N–H and O–H groups in total. The minimum Gasteiger partial charge on any atom is -0.372 e. The van der Waals surface area contributed by atoms with Crippen molar-refractivity contribution in [3.63, 3.8) is 0 Å². The van der Waals surface area contributed by atoms with Crippen LogP contribution in [0.1, 0.15) is 13.8 Å². The molecule has 1 rings (SSSR count). The molecule has 0 aliphatic carbocycles. The lowest BCUT2D eigenvalue weighted by Gasteiger charge is -2.22. The molecule has 0 radical (unpaired) electrons. The monoisotopic (exact) mass is 370 g/mol. The summed E-state index contributed by atoms with van der Waals surface area (Å²) < 4.78 is 24.9. The highest BCUT2D eigenvalue weighted by Crippen LogP contribution is 2.17. The molecule has 0 aliphatic rings. The van der Waals surface area contributed by atoms with Gasteiger partial charge in [0.25, 0.3) is 0 Å². The molecule has 0 atom stereocenters. The summed E-state index contributed by atoms with van der Waals surface area (Å²) in [7, 11) is 0.285. The molecule has 1 amide bonds. The predicted octanol–water partition coefficient (Wildman–Crippen LogP) is 1.29. The van der Waals surface area contributed by atoms with E-state index < -0.39 is 10.0 Å². The Hall–Kier alpha value is -1.64. The first-order valence-corrected chi connectivity index (χ1v) is 10.3. The summed E-state index contributed by atoms with van der Waals surface area (Å²) >= 11 is 0. The highest BCUT2D eigenvalue weighted by Gasteiger charge is 2.20. The molecule has 0 saturated heterocycles. The average molecular weight is 371 g/mol. The van der Waals surface area contributed by atoms with Gasteiger partial charge in [-0.2, -0.15) is 4.31 Å². The quantitative estimate of drug-likeness (QED) is 0.672. The van der Waals surface area contributed by atoms with Gasteiger partial charge in [-0.25, -0.2) is 8.42 Å². The second kappa shape index (κ2) is 9.74. The van der Waals surface area contributed by atoms with E-state index in [1.807, 2.05) is 43.3 Å². The van der Waals surface area contributed by atoms with E-state index in [4.69, 9.17) is 0 Å². The van der Waals surface area contributed by atoms with Crippen molar-refractivity contribution in [2.24, 2.45) is 0 Å². The second-order valence-electron chi connectivity index (χ2n) is 6.17. The fourth-order valence-corrected chi connectivity index (χ4v) is 3.14. The average Bonchev–Trinajstić information content (AvgIpc) is 2.53. The number of hydrogen-bond donors (Lipinski definition) is 1. The first kappa shape index (κ1) is 21.4. The van der Waals surface area contributed by atoms with Crippen molar-refractivity contribution in [2.45, 2.75) is 13.8 Å². The van der Waals surface area contributed by atoms with Crippen LogP contribution in [0.5, 0.6) is 0 Å². The van der Waals surface area contributed by atoms with Crippen LogP contribution in [0.2, 0.25) is 0 Å². The van der Waals surface area contributed by atoms with E-state index in [1.54, 1.807) is 0 Å². The van der Waals surface area contributed by atoms with Crippen LogP contribution in [0.3, 0.4) is 0 Å². The van der Waals surface area contributed by atoms with Crippen LogP contribution in [-0.2, 0) is 14.8 Å². The predicted molar refractivity (Wildman–Crippen MR) is 104 cm³/mol. The molecule has 0 bridgehead atoms. The summed E-state index contributed by atoms with van der Waals surface area (Å²) in [4.78, 5) is 16.3. The van der Waals surface area contributed by atoms with Crippen molar-refractivity contribution >= 4 is 27.3 Å². The van der Waals surface area contributed by atoms with E-state index in [9.17, 15) is 13.2 Å². The van der Waals surface area contributed by atoms with E-state index in [2.05, 4.69) is 24.1 Å². The molecule has 0 heterocycles. The fraction of sp³-hybridized carbons (Fsp3) is 0.588. The van der Waals surface area contributed by atoms with Crippen LogP contribution in [0.25, 0.3) is 0 Å². The van der Waals surface area contributed by atoms with Gasteiger partial charge in [0.1, 0.15) is 0 Å². The van der Waals surface area contributed by atoms with Gasteiger partial charge in [0.05, 0.1) is 12.8 Å². The molecular weight excluding hydrogens is 340 g/mol. The Bertz CT molecular complexity index is 640. The highest BCUT2D eigenvalue weighted by molar-refractivity contribution is 7.88. The van der Waals surface area contributed by atoms with E-state index in [-0.39, 0.29) is 19.0 Å². The number of nitrogens with one attached hydrogen (secondary N) is 1. The zero-order valence-electron chi connectivity index (χ0n) is 15.8. The molecule has 7 nitrogen and oxygen atoms in total. The molecule has 0 unspecified atom stereocenters. The minimum absolute atomic E-state index is 0.190. The lowest BCUT2D eigenvalue weighted by Crippen LogP contribution is -2.41. The molecule has 25 heavy (non-hydrogen) atoms. The molecule has 0 aromatic heterocycles. The van der Waals surface area contributed by atoms with Crippen molar-refractivity contribution in [1.82, 2.24) is 9.21 Å². The lowest BCUT2D eigenvalue weighted by molar-refractivity contribution is -0.116. The van der Waals surface area contributed by atoms with Gasteiger partial charge in [0.15, 0.2) is 0 Å². The van der Waals surface area contributed by atoms with Crippen LogP contribution in [0.15, 0.2) is 24.3 Å². The Morgan fingerprint density at radius 3 is 2.04 bits per heavy atom. The molecule has 0 fully saturated rings. The smallest absolute Gasteiger partial charge is 0.239 e. The van der Waals surface area contributed by atoms with Gasteiger partial charge in [-0.15, -0.1) is 0 Å². The van der Waals surface area contributed by atoms with Gasteiger partial charge in [0, 0.05) is 37.6 Å². The van der Waals surface area contributed by atoms with Gasteiger partial charge in [-0.05, 0) is 52.2 Å². The van der Waals surface area contributed by atoms with Crippen molar-refractivity contribution in [3.05, 3.63) is 24.3 Å². The third-order valence-electron chi connectivity index (χ3n) is 3.87. The molecular formula is C17H30N4O3S. The van der Waals surface area contributed by atoms with Gasteiger partial charge >= 0.3 is 0 Å². The van der Waals surface area contributed by atoms with Gasteiger partial charge in [-0.3, -0.25) is 4.79 Å². The van der Waals surface area contributed by atoms with Crippen molar-refractivity contribution in [3.8, 4) is 0 Å². The number of rotatable bonds is 10. The zero-order chi connectivity index (χ0) is 19.0. The van der Waals surface area contributed by atoms with Crippen LogP contribution >= 0.6 is 0 Å². The maximum atomic E-state index is 12.2. The maximum absolute atomic E-state index is 12.2. The first-order chi connectivity index (χ1) is 11.7. The molecule has 0 aliphatic heterocycles. The largest absolute Gasteiger partial charge is 0.372 e. The summed E-state index contributed by atoms with van der Waals surface area (Å²) in [5.74, 6) is -0.347. The SMILES string of the molecule is CCN(CC)c1ccc(NC(=O)CN(CCN(C)C)S(C)(=O)=O)cc1. The van der Waals surface area contributed by atoms with Gasteiger partial charge in [0.2, 0.25) is 15.9 Å². The molecule has 0 saturated carbocycles. The van der Waals surface area contributed by atoms with E-state index >= 15 is 0 Å². The number of anilines is 2. The number of hydrogen-bond acceptors (Lipinski definition) is 5. The zero-order valence-corrected chi connectivity index (χ0v) is 16.6. The summed E-state index contributed by atoms with van der Waals surface area (Å²) in [5.41, 5.74) is 1.74. The Balaban J connectivity index is 2.70. The molecule has 142 valence electrons. The number of carbonyl (C=O) groups is 1. The summed E-state index contributed by atoms with van der Waals surface area (Å²) in [6.45, 7) is 6.65. The number of carbonyl (C=O) groups excluding carboxylic acids is 1. The first-order valence-electron chi connectivity index (χ1n) is 8.42. The lowest BCUT2D eigenvalue weighted by atomic mass is 10.2. The molecule has 1 aromatic rings. The Morgan fingerprint density at radius 1 is 1.04 bits per heavy atom. The number of benzene rings is 1. The van der Waals surface area contributed by atoms with Crippen LogP contribution in [-0.4, -0.2) is 76.6 Å².